The first-order chi connectivity index (χ1) is 8.65. The molecule has 0 atom stereocenters. The van der Waals surface area contributed by atoms with Crippen molar-refractivity contribution in [1.82, 2.24) is 4.98 Å². The molecule has 0 saturated heterocycles. The molecule has 0 amide bonds. The van der Waals surface area contributed by atoms with E-state index in [0.29, 0.717) is 5.92 Å². The van der Waals surface area contributed by atoms with E-state index in [0.717, 1.165) is 18.7 Å². The van der Waals surface area contributed by atoms with Crippen LogP contribution in [0.5, 0.6) is 0 Å². The molecule has 1 aromatic carbocycles. The largest absolute Gasteiger partial charge is 0.385 e. The minimum absolute atomic E-state index is 0.595. The number of rotatable bonds is 5. The molecule has 0 aliphatic heterocycles. The number of thiazole rings is 1. The maximum absolute atomic E-state index is 4.46. The van der Waals surface area contributed by atoms with Crippen LogP contribution in [0.25, 0.3) is 0 Å². The monoisotopic (exact) mass is 260 g/mol. The Labute approximate surface area is 113 Å². The lowest BCUT2D eigenvalue weighted by atomic mass is 10.0. The topological polar surface area (TPSA) is 24.9 Å². The van der Waals surface area contributed by atoms with Crippen molar-refractivity contribution in [2.45, 2.75) is 33.1 Å². The first-order valence-corrected chi connectivity index (χ1v) is 7.28. The Hall–Kier alpha value is -1.35. The Morgan fingerprint density at radius 3 is 2.50 bits per heavy atom. The van der Waals surface area contributed by atoms with Crippen LogP contribution in [-0.2, 0) is 6.42 Å². The summed E-state index contributed by atoms with van der Waals surface area (Å²) in [5, 5.41) is 6.75. The van der Waals surface area contributed by atoms with Gasteiger partial charge < -0.3 is 5.32 Å². The number of hydrogen-bond donors (Lipinski definition) is 1. The van der Waals surface area contributed by atoms with Crippen LogP contribution in [0.15, 0.2) is 29.6 Å². The molecular weight excluding hydrogens is 240 g/mol. The molecule has 1 heterocycles. The van der Waals surface area contributed by atoms with Gasteiger partial charge in [-0.3, -0.25) is 0 Å². The predicted octanol–water partition coefficient (Wildman–Crippen LogP) is 4.23. The van der Waals surface area contributed by atoms with Gasteiger partial charge >= 0.3 is 0 Å². The molecule has 2 nitrogen and oxygen atoms in total. The zero-order chi connectivity index (χ0) is 13.0. The van der Waals surface area contributed by atoms with E-state index in [9.17, 15) is 0 Å². The maximum Gasteiger partial charge on any atom is 0.0945 e. The van der Waals surface area contributed by atoms with E-state index in [2.05, 4.69) is 53.8 Å². The summed E-state index contributed by atoms with van der Waals surface area (Å²) in [5.41, 5.74) is 3.69. The lowest BCUT2D eigenvalue weighted by Crippen LogP contribution is -2.04. The van der Waals surface area contributed by atoms with Gasteiger partial charge in [0.25, 0.3) is 0 Å². The van der Waals surface area contributed by atoms with Crippen molar-refractivity contribution in [2.24, 2.45) is 0 Å². The second kappa shape index (κ2) is 6.01. The highest BCUT2D eigenvalue weighted by molar-refractivity contribution is 7.09. The Kier molecular flexibility index (Phi) is 4.37. The van der Waals surface area contributed by atoms with E-state index in [-0.39, 0.29) is 0 Å². The fourth-order valence-corrected chi connectivity index (χ4v) is 2.59. The highest BCUT2D eigenvalue weighted by atomic mass is 32.1. The summed E-state index contributed by atoms with van der Waals surface area (Å²) < 4.78 is 0. The Morgan fingerprint density at radius 2 is 1.94 bits per heavy atom. The molecule has 2 aromatic rings. The van der Waals surface area contributed by atoms with Crippen molar-refractivity contribution in [1.29, 1.82) is 0 Å². The van der Waals surface area contributed by atoms with Gasteiger partial charge in [-0.15, -0.1) is 11.3 Å². The first kappa shape index (κ1) is 13.1. The van der Waals surface area contributed by atoms with Crippen LogP contribution in [0.2, 0.25) is 0 Å². The van der Waals surface area contributed by atoms with E-state index in [1.165, 1.54) is 16.3 Å². The third kappa shape index (κ3) is 3.57. The van der Waals surface area contributed by atoms with E-state index in [4.69, 9.17) is 0 Å². The van der Waals surface area contributed by atoms with Gasteiger partial charge in [0, 0.05) is 29.7 Å². The SMILES string of the molecule is Cc1csc(CCNc2ccc(C(C)C)cc2)n1. The van der Waals surface area contributed by atoms with Gasteiger partial charge in [-0.05, 0) is 30.5 Å². The quantitative estimate of drug-likeness (QED) is 0.870. The second-order valence-electron chi connectivity index (χ2n) is 4.84. The highest BCUT2D eigenvalue weighted by Crippen LogP contribution is 2.17. The molecule has 3 heteroatoms. The average Bonchev–Trinajstić information content (AvgIpc) is 2.76. The van der Waals surface area contributed by atoms with E-state index in [1.807, 2.05) is 6.92 Å². The lowest BCUT2D eigenvalue weighted by Gasteiger charge is -2.08. The van der Waals surface area contributed by atoms with Gasteiger partial charge in [0.05, 0.1) is 5.01 Å². The number of hydrogen-bond acceptors (Lipinski definition) is 3. The smallest absolute Gasteiger partial charge is 0.0945 e. The number of aryl methyl sites for hydroxylation is 1. The number of aromatic nitrogens is 1. The Balaban J connectivity index is 1.83. The molecule has 0 aliphatic carbocycles. The predicted molar refractivity (Wildman–Crippen MR) is 79.6 cm³/mol. The van der Waals surface area contributed by atoms with Crippen molar-refractivity contribution >= 4 is 17.0 Å². The van der Waals surface area contributed by atoms with Crippen molar-refractivity contribution in [3.63, 3.8) is 0 Å². The maximum atomic E-state index is 4.46. The summed E-state index contributed by atoms with van der Waals surface area (Å²) in [6.07, 6.45) is 0.991. The highest BCUT2D eigenvalue weighted by Gasteiger charge is 2.00. The van der Waals surface area contributed by atoms with Gasteiger partial charge in [-0.2, -0.15) is 0 Å². The molecule has 0 unspecified atom stereocenters. The lowest BCUT2D eigenvalue weighted by molar-refractivity contribution is 0.866. The second-order valence-corrected chi connectivity index (χ2v) is 5.78. The van der Waals surface area contributed by atoms with Crippen LogP contribution in [0.3, 0.4) is 0 Å². The average molecular weight is 260 g/mol. The molecule has 1 N–H and O–H groups in total. The van der Waals surface area contributed by atoms with Crippen molar-refractivity contribution < 1.29 is 0 Å². The van der Waals surface area contributed by atoms with Crippen molar-refractivity contribution in [3.8, 4) is 0 Å². The summed E-state index contributed by atoms with van der Waals surface area (Å²) in [7, 11) is 0. The molecule has 0 aliphatic rings. The Bertz CT molecular complexity index is 485. The zero-order valence-corrected chi connectivity index (χ0v) is 12.1. The van der Waals surface area contributed by atoms with Crippen LogP contribution >= 0.6 is 11.3 Å². The molecule has 2 rings (SSSR count). The molecule has 0 radical (unpaired) electrons. The van der Waals surface area contributed by atoms with Crippen LogP contribution in [-0.4, -0.2) is 11.5 Å². The molecular formula is C15H20N2S. The number of anilines is 1. The van der Waals surface area contributed by atoms with Crippen molar-refractivity contribution in [2.75, 3.05) is 11.9 Å². The third-order valence-corrected chi connectivity index (χ3v) is 3.94. The number of benzene rings is 1. The van der Waals surface area contributed by atoms with Crippen LogP contribution in [0, 0.1) is 6.92 Å². The summed E-state index contributed by atoms with van der Waals surface area (Å²) in [5.74, 6) is 0.595. The molecule has 18 heavy (non-hydrogen) atoms. The fourth-order valence-electron chi connectivity index (χ4n) is 1.82. The van der Waals surface area contributed by atoms with Crippen molar-refractivity contribution in [3.05, 3.63) is 45.9 Å². The summed E-state index contributed by atoms with van der Waals surface area (Å²) in [4.78, 5) is 4.46. The molecule has 96 valence electrons. The fraction of sp³-hybridized carbons (Fsp3) is 0.400. The van der Waals surface area contributed by atoms with E-state index < -0.39 is 0 Å². The van der Waals surface area contributed by atoms with Gasteiger partial charge in [0.2, 0.25) is 0 Å². The van der Waals surface area contributed by atoms with Crippen LogP contribution in [0.4, 0.5) is 5.69 Å². The molecule has 1 aromatic heterocycles. The minimum Gasteiger partial charge on any atom is -0.385 e. The molecule has 0 fully saturated rings. The normalized spacial score (nSPS) is 10.9. The number of nitrogens with zero attached hydrogens (tertiary/aromatic N) is 1. The zero-order valence-electron chi connectivity index (χ0n) is 11.2. The summed E-state index contributed by atoms with van der Waals surface area (Å²) >= 11 is 1.74. The third-order valence-electron chi connectivity index (χ3n) is 2.91. The summed E-state index contributed by atoms with van der Waals surface area (Å²) in [6, 6.07) is 8.70. The summed E-state index contributed by atoms with van der Waals surface area (Å²) in [6.45, 7) is 7.41. The molecule has 0 bridgehead atoms. The number of nitrogens with one attached hydrogen (secondary N) is 1. The van der Waals surface area contributed by atoms with Gasteiger partial charge in [-0.1, -0.05) is 26.0 Å². The minimum atomic E-state index is 0.595. The first-order valence-electron chi connectivity index (χ1n) is 6.40. The molecule has 0 saturated carbocycles. The van der Waals surface area contributed by atoms with E-state index >= 15 is 0 Å². The molecule has 0 spiro atoms. The van der Waals surface area contributed by atoms with E-state index in [1.54, 1.807) is 11.3 Å². The van der Waals surface area contributed by atoms with Gasteiger partial charge in [0.1, 0.15) is 0 Å². The van der Waals surface area contributed by atoms with Gasteiger partial charge in [-0.25, -0.2) is 4.98 Å². The van der Waals surface area contributed by atoms with Gasteiger partial charge in [0.15, 0.2) is 0 Å². The van der Waals surface area contributed by atoms with Crippen LogP contribution < -0.4 is 5.32 Å². The van der Waals surface area contributed by atoms with Crippen LogP contribution in [0.1, 0.15) is 36.0 Å². The Morgan fingerprint density at radius 1 is 1.22 bits per heavy atom. The standard InChI is InChI=1S/C15H20N2S/c1-11(2)13-4-6-14(7-5-13)16-9-8-15-17-12(3)10-18-15/h4-7,10-11,16H,8-9H2,1-3H3.